The van der Waals surface area contributed by atoms with Crippen LogP contribution in [0.15, 0.2) is 0 Å². The quantitative estimate of drug-likeness (QED) is 0.300. The van der Waals surface area contributed by atoms with Crippen molar-refractivity contribution in [2.24, 2.45) is 0 Å². The molecule has 0 aromatic carbocycles. The number of carbonyl (C=O) groups excluding carboxylic acids is 1. The molecule has 0 saturated carbocycles. The van der Waals surface area contributed by atoms with Gasteiger partial charge in [-0.25, -0.2) is 0 Å². The fourth-order valence-corrected chi connectivity index (χ4v) is 3.65. The number of thioether (sulfide) groups is 1. The van der Waals surface area contributed by atoms with Crippen molar-refractivity contribution in [2.45, 2.75) is 42.8 Å². The van der Waals surface area contributed by atoms with Crippen LogP contribution >= 0.6 is 11.8 Å². The van der Waals surface area contributed by atoms with Crippen LogP contribution in [0, 0.1) is 0 Å². The van der Waals surface area contributed by atoms with Crippen LogP contribution in [-0.2, 0) is 4.79 Å². The molecule has 0 aliphatic carbocycles. The molecule has 9 heteroatoms. The summed E-state index contributed by atoms with van der Waals surface area (Å²) in [5.74, 6) is 0.0194. The smallest absolute Gasteiger partial charge is 0.220 e. The Bertz CT molecular complexity index is 332. The molecule has 6 atom stereocenters. The second-order valence-electron chi connectivity index (χ2n) is 4.71. The van der Waals surface area contributed by atoms with Gasteiger partial charge < -0.3 is 35.5 Å². The van der Waals surface area contributed by atoms with E-state index in [1.165, 1.54) is 11.8 Å². The highest BCUT2D eigenvalue weighted by molar-refractivity contribution is 8.00. The summed E-state index contributed by atoms with van der Waals surface area (Å²) in [6.45, 7) is 0.242. The Morgan fingerprint density at radius 2 is 1.85 bits per heavy atom. The molecule has 8 nitrogen and oxygen atoms in total. The molecule has 0 unspecified atom stereocenters. The standard InChI is InChI=1S/C11H21NO7S/c1-5(15)12-6(2-13)4-20-11(12)10(19)9(18)8(17)7(16)3-14/h6-11,13-14,16-19H,2-4H2,1H3/t6-,7-,8+,9-,10-,11-/m1/s1. The lowest BCUT2D eigenvalue weighted by atomic mass is 10.0. The maximum Gasteiger partial charge on any atom is 0.220 e. The number of hydrogen-bond donors (Lipinski definition) is 6. The van der Waals surface area contributed by atoms with Crippen LogP contribution in [0.2, 0.25) is 0 Å². The number of amides is 1. The second kappa shape index (κ2) is 7.55. The monoisotopic (exact) mass is 311 g/mol. The predicted molar refractivity (Wildman–Crippen MR) is 70.8 cm³/mol. The Balaban J connectivity index is 2.80. The lowest BCUT2D eigenvalue weighted by Gasteiger charge is -2.34. The third kappa shape index (κ3) is 3.61. The average Bonchev–Trinajstić information content (AvgIpc) is 2.87. The van der Waals surface area contributed by atoms with Gasteiger partial charge in [-0.05, 0) is 0 Å². The molecule has 1 rings (SSSR count). The molecule has 0 spiro atoms. The molecule has 1 saturated heterocycles. The van der Waals surface area contributed by atoms with Crippen LogP contribution in [0.3, 0.4) is 0 Å². The third-order valence-corrected chi connectivity index (χ3v) is 4.70. The third-order valence-electron chi connectivity index (χ3n) is 3.27. The van der Waals surface area contributed by atoms with Crippen molar-refractivity contribution in [2.75, 3.05) is 19.0 Å². The fourth-order valence-electron chi connectivity index (χ4n) is 2.12. The van der Waals surface area contributed by atoms with Crippen molar-refractivity contribution in [3.05, 3.63) is 0 Å². The Kier molecular flexibility index (Phi) is 6.65. The summed E-state index contributed by atoms with van der Waals surface area (Å²) in [6.07, 6.45) is -6.58. The van der Waals surface area contributed by atoms with Crippen LogP contribution in [0.4, 0.5) is 0 Å². The highest BCUT2D eigenvalue weighted by Crippen LogP contribution is 2.33. The number of rotatable bonds is 6. The van der Waals surface area contributed by atoms with Crippen LogP contribution in [-0.4, -0.2) is 96.2 Å². The Labute approximate surface area is 120 Å². The number of aliphatic hydroxyl groups excluding tert-OH is 6. The summed E-state index contributed by atoms with van der Waals surface area (Å²) in [4.78, 5) is 12.8. The number of nitrogens with zero attached hydrogens (tertiary/aromatic N) is 1. The molecule has 0 aromatic heterocycles. The van der Waals surface area contributed by atoms with E-state index in [1.807, 2.05) is 0 Å². The summed E-state index contributed by atoms with van der Waals surface area (Å²) in [5, 5.41) is 55.8. The van der Waals surface area contributed by atoms with Gasteiger partial charge in [0.25, 0.3) is 0 Å². The van der Waals surface area contributed by atoms with E-state index in [4.69, 9.17) is 5.11 Å². The molecule has 0 radical (unpaired) electrons. The zero-order chi connectivity index (χ0) is 15.4. The summed E-state index contributed by atoms with van der Waals surface area (Å²) >= 11 is 1.16. The normalized spacial score (nSPS) is 29.1. The van der Waals surface area contributed by atoms with Gasteiger partial charge in [-0.1, -0.05) is 0 Å². The summed E-state index contributed by atoms with van der Waals surface area (Å²) in [7, 11) is 0. The molecule has 0 bridgehead atoms. The van der Waals surface area contributed by atoms with E-state index in [0.29, 0.717) is 5.75 Å². The van der Waals surface area contributed by atoms with Crippen LogP contribution in [0.25, 0.3) is 0 Å². The zero-order valence-electron chi connectivity index (χ0n) is 11.0. The molecular formula is C11H21NO7S. The van der Waals surface area contributed by atoms with Gasteiger partial charge >= 0.3 is 0 Å². The first-order chi connectivity index (χ1) is 9.34. The summed E-state index contributed by atoms with van der Waals surface area (Å²) < 4.78 is 0. The first-order valence-electron chi connectivity index (χ1n) is 6.19. The Morgan fingerprint density at radius 3 is 2.30 bits per heavy atom. The van der Waals surface area contributed by atoms with Crippen molar-refractivity contribution >= 4 is 17.7 Å². The fraction of sp³-hybridized carbons (Fsp3) is 0.909. The lowest BCUT2D eigenvalue weighted by molar-refractivity contribution is -0.142. The van der Waals surface area contributed by atoms with E-state index in [0.717, 1.165) is 11.8 Å². The molecule has 118 valence electrons. The van der Waals surface area contributed by atoms with Crippen LogP contribution in [0.5, 0.6) is 0 Å². The first kappa shape index (κ1) is 17.6. The molecule has 1 heterocycles. The van der Waals surface area contributed by atoms with E-state index >= 15 is 0 Å². The molecule has 0 aromatic rings. The molecule has 1 aliphatic rings. The first-order valence-corrected chi connectivity index (χ1v) is 7.24. The predicted octanol–water partition coefficient (Wildman–Crippen LogP) is -3.30. The van der Waals surface area contributed by atoms with Gasteiger partial charge in [0.15, 0.2) is 0 Å². The SMILES string of the molecule is CC(=O)N1[C@H](CO)CS[C@@H]1[C@H](O)[C@H](O)[C@@H](O)[C@H](O)CO. The minimum atomic E-state index is -1.74. The molecule has 6 N–H and O–H groups in total. The topological polar surface area (TPSA) is 142 Å². The lowest BCUT2D eigenvalue weighted by Crippen LogP contribution is -2.54. The van der Waals surface area contributed by atoms with Crippen LogP contribution in [0.1, 0.15) is 6.92 Å². The minimum absolute atomic E-state index is 0.270. The molecular weight excluding hydrogens is 290 g/mol. The molecule has 1 aliphatic heterocycles. The van der Waals surface area contributed by atoms with Gasteiger partial charge in [0.1, 0.15) is 29.8 Å². The molecule has 20 heavy (non-hydrogen) atoms. The van der Waals surface area contributed by atoms with Crippen molar-refractivity contribution in [3.63, 3.8) is 0 Å². The number of hydrogen-bond acceptors (Lipinski definition) is 8. The van der Waals surface area contributed by atoms with Gasteiger partial charge in [-0.3, -0.25) is 4.79 Å². The molecule has 1 amide bonds. The van der Waals surface area contributed by atoms with Gasteiger partial charge in [0, 0.05) is 12.7 Å². The zero-order valence-corrected chi connectivity index (χ0v) is 11.8. The van der Waals surface area contributed by atoms with Crippen molar-refractivity contribution in [3.8, 4) is 0 Å². The van der Waals surface area contributed by atoms with E-state index in [2.05, 4.69) is 0 Å². The maximum atomic E-state index is 11.6. The number of carbonyl (C=O) groups is 1. The second-order valence-corrected chi connectivity index (χ2v) is 5.86. The summed E-state index contributed by atoms with van der Waals surface area (Å²) in [6, 6.07) is -0.468. The van der Waals surface area contributed by atoms with Crippen molar-refractivity contribution < 1.29 is 35.4 Å². The van der Waals surface area contributed by atoms with Crippen molar-refractivity contribution in [1.82, 2.24) is 4.90 Å². The Hall–Kier alpha value is -0.420. The van der Waals surface area contributed by atoms with E-state index < -0.39 is 42.4 Å². The largest absolute Gasteiger partial charge is 0.394 e. The van der Waals surface area contributed by atoms with Gasteiger partial charge in [-0.2, -0.15) is 0 Å². The van der Waals surface area contributed by atoms with E-state index in [1.54, 1.807) is 0 Å². The van der Waals surface area contributed by atoms with E-state index in [9.17, 15) is 30.3 Å². The Morgan fingerprint density at radius 1 is 1.25 bits per heavy atom. The van der Waals surface area contributed by atoms with Gasteiger partial charge in [0.05, 0.1) is 19.3 Å². The summed E-state index contributed by atoms with van der Waals surface area (Å²) in [5.41, 5.74) is 0. The van der Waals surface area contributed by atoms with Crippen molar-refractivity contribution in [1.29, 1.82) is 0 Å². The van der Waals surface area contributed by atoms with E-state index in [-0.39, 0.29) is 12.5 Å². The minimum Gasteiger partial charge on any atom is -0.394 e. The van der Waals surface area contributed by atoms with Crippen LogP contribution < -0.4 is 0 Å². The average molecular weight is 311 g/mol. The van der Waals surface area contributed by atoms with Gasteiger partial charge in [-0.15, -0.1) is 11.8 Å². The maximum absolute atomic E-state index is 11.6. The number of aliphatic hydroxyl groups is 6. The molecule has 1 fully saturated rings. The highest BCUT2D eigenvalue weighted by Gasteiger charge is 2.44. The highest BCUT2D eigenvalue weighted by atomic mass is 32.2. The van der Waals surface area contributed by atoms with Gasteiger partial charge in [0.2, 0.25) is 5.91 Å².